The smallest absolute Gasteiger partial charge is 0.254 e. The summed E-state index contributed by atoms with van der Waals surface area (Å²) < 4.78 is 31.9. The molecule has 5 nitrogen and oxygen atoms in total. The lowest BCUT2D eigenvalue weighted by Crippen LogP contribution is -2.19. The third kappa shape index (κ3) is 2.98. The van der Waals surface area contributed by atoms with E-state index in [9.17, 15) is 13.6 Å². The van der Waals surface area contributed by atoms with Crippen molar-refractivity contribution in [2.75, 3.05) is 19.5 Å². The molecule has 1 heterocycles. The fourth-order valence-electron chi connectivity index (χ4n) is 1.95. The summed E-state index contributed by atoms with van der Waals surface area (Å²) in [6, 6.07) is 3.94. The summed E-state index contributed by atoms with van der Waals surface area (Å²) >= 11 is 0. The summed E-state index contributed by atoms with van der Waals surface area (Å²) in [6.07, 6.45) is 1.41. The standard InChI is InChI=1S/C15H15F2N3O2/c1-8-6-12(9(7-19-8)15(21)18-2)20-11-5-4-10(16)13(17)14(11)22-3/h4-7H,1-3H3,(H,18,21)(H,19,20). The van der Waals surface area contributed by atoms with Gasteiger partial charge in [0.15, 0.2) is 11.6 Å². The molecule has 0 bridgehead atoms. The van der Waals surface area contributed by atoms with E-state index in [4.69, 9.17) is 4.74 Å². The number of methoxy groups -OCH3 is 1. The summed E-state index contributed by atoms with van der Waals surface area (Å²) in [5.41, 5.74) is 1.56. The van der Waals surface area contributed by atoms with Crippen LogP contribution in [0.5, 0.6) is 5.75 Å². The first-order valence-corrected chi connectivity index (χ1v) is 6.45. The van der Waals surface area contributed by atoms with Gasteiger partial charge in [-0.25, -0.2) is 4.39 Å². The number of hydrogen-bond acceptors (Lipinski definition) is 4. The zero-order valence-electron chi connectivity index (χ0n) is 12.3. The maximum absolute atomic E-state index is 13.7. The highest BCUT2D eigenvalue weighted by molar-refractivity contribution is 6.00. The van der Waals surface area contributed by atoms with Crippen LogP contribution in [0.4, 0.5) is 20.2 Å². The SMILES string of the molecule is CNC(=O)c1cnc(C)cc1Nc1ccc(F)c(F)c1OC. The number of aromatic nitrogens is 1. The number of ether oxygens (including phenoxy) is 1. The Bertz CT molecular complexity index is 720. The molecule has 7 heteroatoms. The molecule has 0 fully saturated rings. The van der Waals surface area contributed by atoms with E-state index in [1.807, 2.05) is 0 Å². The maximum Gasteiger partial charge on any atom is 0.254 e. The minimum atomic E-state index is -1.10. The van der Waals surface area contributed by atoms with Crippen LogP contribution in [0.3, 0.4) is 0 Å². The molecular formula is C15H15F2N3O2. The molecule has 1 aromatic carbocycles. The lowest BCUT2D eigenvalue weighted by atomic mass is 10.1. The van der Waals surface area contributed by atoms with E-state index in [1.165, 1.54) is 26.4 Å². The van der Waals surface area contributed by atoms with E-state index in [1.54, 1.807) is 13.0 Å². The van der Waals surface area contributed by atoms with Gasteiger partial charge < -0.3 is 15.4 Å². The molecule has 1 aromatic heterocycles. The molecule has 2 N–H and O–H groups in total. The van der Waals surface area contributed by atoms with Gasteiger partial charge in [0.05, 0.1) is 24.0 Å². The van der Waals surface area contributed by atoms with E-state index < -0.39 is 11.6 Å². The quantitative estimate of drug-likeness (QED) is 0.911. The molecule has 0 spiro atoms. The van der Waals surface area contributed by atoms with Crippen LogP contribution >= 0.6 is 0 Å². The molecule has 0 atom stereocenters. The number of halogens is 2. The second kappa shape index (κ2) is 6.38. The van der Waals surface area contributed by atoms with Gasteiger partial charge in [0.2, 0.25) is 5.82 Å². The van der Waals surface area contributed by atoms with Gasteiger partial charge in [-0.05, 0) is 25.1 Å². The Morgan fingerprint density at radius 1 is 1.27 bits per heavy atom. The maximum atomic E-state index is 13.7. The number of carbonyl (C=O) groups is 1. The molecular weight excluding hydrogens is 292 g/mol. The highest BCUT2D eigenvalue weighted by Crippen LogP contribution is 2.32. The van der Waals surface area contributed by atoms with Crippen LogP contribution in [-0.2, 0) is 0 Å². The van der Waals surface area contributed by atoms with Crippen molar-refractivity contribution in [2.24, 2.45) is 0 Å². The highest BCUT2D eigenvalue weighted by atomic mass is 19.2. The lowest BCUT2D eigenvalue weighted by molar-refractivity contribution is 0.0963. The van der Waals surface area contributed by atoms with E-state index in [0.717, 1.165) is 6.07 Å². The Morgan fingerprint density at radius 2 is 2.00 bits per heavy atom. The minimum Gasteiger partial charge on any atom is -0.491 e. The van der Waals surface area contributed by atoms with Crippen molar-refractivity contribution in [3.05, 3.63) is 47.3 Å². The van der Waals surface area contributed by atoms with Crippen molar-refractivity contribution in [1.82, 2.24) is 10.3 Å². The number of hydrogen-bond donors (Lipinski definition) is 2. The van der Waals surface area contributed by atoms with E-state index in [0.29, 0.717) is 11.4 Å². The van der Waals surface area contributed by atoms with Crippen LogP contribution < -0.4 is 15.4 Å². The van der Waals surface area contributed by atoms with Crippen molar-refractivity contribution in [3.63, 3.8) is 0 Å². The van der Waals surface area contributed by atoms with Crippen LogP contribution in [0.1, 0.15) is 16.1 Å². The van der Waals surface area contributed by atoms with Crippen molar-refractivity contribution >= 4 is 17.3 Å². The van der Waals surface area contributed by atoms with E-state index in [-0.39, 0.29) is 22.9 Å². The first kappa shape index (κ1) is 15.7. The molecule has 0 aliphatic carbocycles. The monoisotopic (exact) mass is 307 g/mol. The molecule has 2 aromatic rings. The zero-order valence-corrected chi connectivity index (χ0v) is 12.3. The third-order valence-corrected chi connectivity index (χ3v) is 3.04. The van der Waals surface area contributed by atoms with Crippen molar-refractivity contribution in [2.45, 2.75) is 6.92 Å². The summed E-state index contributed by atoms with van der Waals surface area (Å²) in [7, 11) is 2.73. The summed E-state index contributed by atoms with van der Waals surface area (Å²) in [5.74, 6) is -2.73. The molecule has 116 valence electrons. The van der Waals surface area contributed by atoms with Gasteiger partial charge in [-0.3, -0.25) is 9.78 Å². The van der Waals surface area contributed by atoms with Crippen molar-refractivity contribution in [1.29, 1.82) is 0 Å². The average molecular weight is 307 g/mol. The van der Waals surface area contributed by atoms with Gasteiger partial charge in [-0.2, -0.15) is 4.39 Å². The van der Waals surface area contributed by atoms with Gasteiger partial charge >= 0.3 is 0 Å². The van der Waals surface area contributed by atoms with E-state index in [2.05, 4.69) is 15.6 Å². The Kier molecular flexibility index (Phi) is 4.55. The third-order valence-electron chi connectivity index (χ3n) is 3.04. The fraction of sp³-hybridized carbons (Fsp3) is 0.200. The predicted molar refractivity (Wildman–Crippen MR) is 78.6 cm³/mol. The number of aryl methyl sites for hydroxylation is 1. The Hall–Kier alpha value is -2.70. The Balaban J connectivity index is 2.49. The second-order valence-electron chi connectivity index (χ2n) is 4.52. The predicted octanol–water partition coefficient (Wildman–Crippen LogP) is 2.78. The van der Waals surface area contributed by atoms with Crippen molar-refractivity contribution in [3.8, 4) is 5.75 Å². The molecule has 0 aliphatic heterocycles. The largest absolute Gasteiger partial charge is 0.491 e. The normalized spacial score (nSPS) is 10.2. The molecule has 0 saturated carbocycles. The van der Waals surface area contributed by atoms with Gasteiger partial charge in [0.25, 0.3) is 5.91 Å². The number of carbonyl (C=O) groups excluding carboxylic acids is 1. The first-order chi connectivity index (χ1) is 10.5. The average Bonchev–Trinajstić information content (AvgIpc) is 2.51. The number of amides is 1. The molecule has 0 aliphatic rings. The summed E-state index contributed by atoms with van der Waals surface area (Å²) in [4.78, 5) is 15.9. The van der Waals surface area contributed by atoms with Crippen LogP contribution in [0, 0.1) is 18.6 Å². The van der Waals surface area contributed by atoms with Crippen LogP contribution in [0.2, 0.25) is 0 Å². The fourth-order valence-corrected chi connectivity index (χ4v) is 1.95. The van der Waals surface area contributed by atoms with Crippen LogP contribution in [-0.4, -0.2) is 25.0 Å². The number of anilines is 2. The van der Waals surface area contributed by atoms with Crippen molar-refractivity contribution < 1.29 is 18.3 Å². The number of benzene rings is 1. The van der Waals surface area contributed by atoms with Gasteiger partial charge in [0.1, 0.15) is 0 Å². The van der Waals surface area contributed by atoms with E-state index >= 15 is 0 Å². The zero-order chi connectivity index (χ0) is 16.3. The second-order valence-corrected chi connectivity index (χ2v) is 4.52. The molecule has 22 heavy (non-hydrogen) atoms. The molecule has 0 saturated heterocycles. The number of nitrogens with one attached hydrogen (secondary N) is 2. The molecule has 0 unspecified atom stereocenters. The summed E-state index contributed by atoms with van der Waals surface area (Å²) in [6.45, 7) is 1.75. The lowest BCUT2D eigenvalue weighted by Gasteiger charge is -2.15. The summed E-state index contributed by atoms with van der Waals surface area (Å²) in [5, 5.41) is 5.38. The van der Waals surface area contributed by atoms with Gasteiger partial charge in [-0.1, -0.05) is 0 Å². The number of pyridine rings is 1. The van der Waals surface area contributed by atoms with Gasteiger partial charge in [-0.15, -0.1) is 0 Å². The molecule has 2 rings (SSSR count). The van der Waals surface area contributed by atoms with Crippen LogP contribution in [0.25, 0.3) is 0 Å². The van der Waals surface area contributed by atoms with Crippen LogP contribution in [0.15, 0.2) is 24.4 Å². The number of rotatable bonds is 4. The minimum absolute atomic E-state index is 0.206. The molecule has 1 amide bonds. The molecule has 0 radical (unpaired) electrons. The first-order valence-electron chi connectivity index (χ1n) is 6.45. The highest BCUT2D eigenvalue weighted by Gasteiger charge is 2.17. The Morgan fingerprint density at radius 3 is 2.64 bits per heavy atom. The topological polar surface area (TPSA) is 63.2 Å². The van der Waals surface area contributed by atoms with Gasteiger partial charge in [0, 0.05) is 18.9 Å². The number of nitrogens with zero attached hydrogens (tertiary/aromatic N) is 1. The Labute approximate surface area is 126 Å².